The van der Waals surface area contributed by atoms with Crippen LogP contribution in [0.2, 0.25) is 0 Å². The molecular weight excluding hydrogens is 178 g/mol. The molecule has 0 saturated carbocycles. The lowest BCUT2D eigenvalue weighted by molar-refractivity contribution is -0.120. The fourth-order valence-corrected chi connectivity index (χ4v) is 1.28. The molecule has 1 aliphatic carbocycles. The molecule has 0 aromatic rings. The van der Waals surface area contributed by atoms with Gasteiger partial charge in [0.05, 0.1) is 0 Å². The zero-order valence-corrected chi connectivity index (χ0v) is 8.59. The summed E-state index contributed by atoms with van der Waals surface area (Å²) in [6.45, 7) is 3.91. The van der Waals surface area contributed by atoms with Gasteiger partial charge < -0.3 is 5.32 Å². The van der Waals surface area contributed by atoms with E-state index in [1.165, 1.54) is 0 Å². The molecule has 0 fully saturated rings. The molecular formula is C11H15NO2. The number of carbonyl (C=O) groups excluding carboxylic acids is 2. The lowest BCUT2D eigenvalue weighted by atomic mass is 10.2. The number of hydrogen-bond donors (Lipinski definition) is 1. The van der Waals surface area contributed by atoms with Gasteiger partial charge in [0.1, 0.15) is 0 Å². The summed E-state index contributed by atoms with van der Waals surface area (Å²) in [4.78, 5) is 22.0. The Morgan fingerprint density at radius 2 is 2.21 bits per heavy atom. The van der Waals surface area contributed by atoms with Crippen LogP contribution in [-0.4, -0.2) is 18.2 Å². The highest BCUT2D eigenvalue weighted by Gasteiger charge is 2.10. The van der Waals surface area contributed by atoms with Crippen molar-refractivity contribution in [3.63, 3.8) is 0 Å². The van der Waals surface area contributed by atoms with Gasteiger partial charge in [0.25, 0.3) is 0 Å². The minimum Gasteiger partial charge on any atom is -0.352 e. The Morgan fingerprint density at radius 1 is 1.50 bits per heavy atom. The largest absolute Gasteiger partial charge is 0.352 e. The van der Waals surface area contributed by atoms with Crippen molar-refractivity contribution in [2.24, 2.45) is 0 Å². The van der Waals surface area contributed by atoms with Crippen LogP contribution in [-0.2, 0) is 9.59 Å². The van der Waals surface area contributed by atoms with E-state index in [1.807, 2.05) is 19.1 Å². The second kappa shape index (κ2) is 4.74. The molecule has 0 atom stereocenters. The van der Waals surface area contributed by atoms with Crippen molar-refractivity contribution < 1.29 is 9.59 Å². The van der Waals surface area contributed by atoms with E-state index in [1.54, 1.807) is 6.92 Å². The van der Waals surface area contributed by atoms with Crippen molar-refractivity contribution in [1.29, 1.82) is 0 Å². The van der Waals surface area contributed by atoms with Gasteiger partial charge in [-0.05, 0) is 24.5 Å². The SMILES string of the molecule is CCC(=O)NCC1=CCC(C(C)=O)=C1. The van der Waals surface area contributed by atoms with Gasteiger partial charge in [0.2, 0.25) is 5.91 Å². The molecule has 1 rings (SSSR count). The number of Topliss-reactive ketones (excluding diaryl/α,β-unsaturated/α-hetero) is 1. The molecule has 1 aliphatic rings. The van der Waals surface area contributed by atoms with Gasteiger partial charge in [-0.2, -0.15) is 0 Å². The first-order valence-corrected chi connectivity index (χ1v) is 4.80. The number of carbonyl (C=O) groups is 2. The Hall–Kier alpha value is -1.38. The quantitative estimate of drug-likeness (QED) is 0.732. The number of rotatable bonds is 4. The van der Waals surface area contributed by atoms with Gasteiger partial charge in [0.15, 0.2) is 5.78 Å². The monoisotopic (exact) mass is 193 g/mol. The molecule has 3 nitrogen and oxygen atoms in total. The molecule has 14 heavy (non-hydrogen) atoms. The maximum absolute atomic E-state index is 11.0. The van der Waals surface area contributed by atoms with Crippen LogP contribution in [0, 0.1) is 0 Å². The third-order valence-corrected chi connectivity index (χ3v) is 2.21. The van der Waals surface area contributed by atoms with Crippen molar-refractivity contribution in [3.05, 3.63) is 23.3 Å². The first-order chi connectivity index (χ1) is 6.63. The van der Waals surface area contributed by atoms with Gasteiger partial charge >= 0.3 is 0 Å². The number of allylic oxidation sites excluding steroid dienone is 2. The summed E-state index contributed by atoms with van der Waals surface area (Å²) < 4.78 is 0. The molecule has 3 heteroatoms. The van der Waals surface area contributed by atoms with Crippen LogP contribution >= 0.6 is 0 Å². The Morgan fingerprint density at radius 3 is 2.71 bits per heavy atom. The number of hydrogen-bond acceptors (Lipinski definition) is 2. The topological polar surface area (TPSA) is 46.2 Å². The molecule has 0 aromatic heterocycles. The predicted molar refractivity (Wildman–Crippen MR) is 54.8 cm³/mol. The normalized spacial score (nSPS) is 14.7. The van der Waals surface area contributed by atoms with E-state index >= 15 is 0 Å². The standard InChI is InChI=1S/C11H15NO2/c1-3-11(14)12-7-9-4-5-10(6-9)8(2)13/h4,6H,3,5,7H2,1-2H3,(H,12,14). The van der Waals surface area contributed by atoms with E-state index in [9.17, 15) is 9.59 Å². The lowest BCUT2D eigenvalue weighted by Crippen LogP contribution is -2.23. The molecule has 0 radical (unpaired) electrons. The zero-order valence-electron chi connectivity index (χ0n) is 8.59. The fourth-order valence-electron chi connectivity index (χ4n) is 1.28. The van der Waals surface area contributed by atoms with Crippen molar-refractivity contribution in [1.82, 2.24) is 5.32 Å². The Labute approximate surface area is 83.9 Å². The molecule has 0 bridgehead atoms. The predicted octanol–water partition coefficient (Wildman–Crippen LogP) is 1.36. The lowest BCUT2D eigenvalue weighted by Gasteiger charge is -2.01. The second-order valence-electron chi connectivity index (χ2n) is 3.34. The number of nitrogens with one attached hydrogen (secondary N) is 1. The summed E-state index contributed by atoms with van der Waals surface area (Å²) in [5, 5.41) is 2.77. The van der Waals surface area contributed by atoms with Gasteiger partial charge in [-0.3, -0.25) is 9.59 Å². The van der Waals surface area contributed by atoms with E-state index in [0.29, 0.717) is 19.4 Å². The minimum atomic E-state index is 0.0376. The summed E-state index contributed by atoms with van der Waals surface area (Å²) in [5.41, 5.74) is 1.85. The van der Waals surface area contributed by atoms with Crippen LogP contribution < -0.4 is 5.32 Å². The zero-order chi connectivity index (χ0) is 10.6. The average molecular weight is 193 g/mol. The van der Waals surface area contributed by atoms with Crippen LogP contribution in [0.5, 0.6) is 0 Å². The molecule has 0 aromatic carbocycles. The van der Waals surface area contributed by atoms with Crippen LogP contribution in [0.1, 0.15) is 26.7 Å². The number of amides is 1. The maximum Gasteiger partial charge on any atom is 0.219 e. The molecule has 0 spiro atoms. The van der Waals surface area contributed by atoms with Crippen molar-refractivity contribution in [2.75, 3.05) is 6.54 Å². The average Bonchev–Trinajstić information content (AvgIpc) is 2.62. The molecule has 0 unspecified atom stereocenters. The Bertz CT molecular complexity index is 313. The summed E-state index contributed by atoms with van der Waals surface area (Å²) in [5.74, 6) is 0.147. The highest BCUT2D eigenvalue weighted by molar-refractivity contribution is 5.94. The maximum atomic E-state index is 11.0. The summed E-state index contributed by atoms with van der Waals surface area (Å²) in [6, 6.07) is 0. The first-order valence-electron chi connectivity index (χ1n) is 4.80. The van der Waals surface area contributed by atoms with Crippen molar-refractivity contribution >= 4 is 11.7 Å². The third kappa shape index (κ3) is 2.83. The molecule has 0 aliphatic heterocycles. The van der Waals surface area contributed by atoms with Crippen molar-refractivity contribution in [3.8, 4) is 0 Å². The van der Waals surface area contributed by atoms with E-state index in [4.69, 9.17) is 0 Å². The van der Waals surface area contributed by atoms with Gasteiger partial charge in [-0.25, -0.2) is 0 Å². The number of ketones is 1. The smallest absolute Gasteiger partial charge is 0.219 e. The van der Waals surface area contributed by atoms with Crippen LogP contribution in [0.3, 0.4) is 0 Å². The second-order valence-corrected chi connectivity index (χ2v) is 3.34. The summed E-state index contributed by atoms with van der Waals surface area (Å²) >= 11 is 0. The van der Waals surface area contributed by atoms with Crippen LogP contribution in [0.15, 0.2) is 23.3 Å². The first kappa shape index (κ1) is 10.7. The molecule has 1 amide bonds. The van der Waals surface area contributed by atoms with E-state index in [-0.39, 0.29) is 11.7 Å². The highest BCUT2D eigenvalue weighted by Crippen LogP contribution is 2.17. The molecule has 0 heterocycles. The molecule has 76 valence electrons. The fraction of sp³-hybridized carbons (Fsp3) is 0.455. The van der Waals surface area contributed by atoms with E-state index in [2.05, 4.69) is 5.32 Å². The molecule has 1 N–H and O–H groups in total. The van der Waals surface area contributed by atoms with Crippen LogP contribution in [0.4, 0.5) is 0 Å². The highest BCUT2D eigenvalue weighted by atomic mass is 16.1. The van der Waals surface area contributed by atoms with Gasteiger partial charge in [-0.1, -0.05) is 19.1 Å². The Balaban J connectivity index is 2.42. The van der Waals surface area contributed by atoms with E-state index < -0.39 is 0 Å². The van der Waals surface area contributed by atoms with Crippen molar-refractivity contribution in [2.45, 2.75) is 26.7 Å². The molecule has 0 saturated heterocycles. The minimum absolute atomic E-state index is 0.0376. The summed E-state index contributed by atoms with van der Waals surface area (Å²) in [6.07, 6.45) is 5.04. The van der Waals surface area contributed by atoms with Gasteiger partial charge in [0, 0.05) is 13.0 Å². The third-order valence-electron chi connectivity index (χ3n) is 2.21. The van der Waals surface area contributed by atoms with E-state index in [0.717, 1.165) is 11.1 Å². The van der Waals surface area contributed by atoms with Crippen LogP contribution in [0.25, 0.3) is 0 Å². The van der Waals surface area contributed by atoms with Gasteiger partial charge in [-0.15, -0.1) is 0 Å². The Kier molecular flexibility index (Phi) is 3.63. The summed E-state index contributed by atoms with van der Waals surface area (Å²) in [7, 11) is 0.